The zero-order chi connectivity index (χ0) is 16.2. The van der Waals surface area contributed by atoms with Crippen LogP contribution >= 0.6 is 45.2 Å². The fourth-order valence-corrected chi connectivity index (χ4v) is 5.95. The van der Waals surface area contributed by atoms with E-state index in [1.54, 1.807) is 0 Å². The largest absolute Gasteiger partial charge is 0.392 e. The van der Waals surface area contributed by atoms with Crippen molar-refractivity contribution in [2.75, 3.05) is 0 Å². The number of hydrogen-bond donors (Lipinski definition) is 2. The monoisotopic (exact) mass is 532 g/mol. The SMILES string of the molecule is OCc1c(I)ccc2c1C1(CC2)CCc2ccc(I)c(CO)c21. The van der Waals surface area contributed by atoms with Gasteiger partial charge in [-0.25, -0.2) is 0 Å². The fraction of sp³-hybridized carbons (Fsp3) is 0.368. The van der Waals surface area contributed by atoms with Gasteiger partial charge in [-0.15, -0.1) is 0 Å². The van der Waals surface area contributed by atoms with Gasteiger partial charge in [-0.05, 0) is 116 Å². The summed E-state index contributed by atoms with van der Waals surface area (Å²) in [5.41, 5.74) is 7.63. The number of aliphatic hydroxyl groups excluding tert-OH is 2. The molecule has 2 aromatic rings. The Balaban J connectivity index is 2.04. The molecule has 0 amide bonds. The fourth-order valence-electron chi connectivity index (χ4n) is 4.71. The molecule has 0 saturated carbocycles. The average Bonchev–Trinajstić information content (AvgIpc) is 3.11. The van der Waals surface area contributed by atoms with E-state index < -0.39 is 0 Å². The second-order valence-electron chi connectivity index (χ2n) is 6.52. The summed E-state index contributed by atoms with van der Waals surface area (Å²) in [7, 11) is 0. The molecule has 2 aromatic carbocycles. The molecule has 0 aromatic heterocycles. The van der Waals surface area contributed by atoms with E-state index in [-0.39, 0.29) is 18.6 Å². The zero-order valence-electron chi connectivity index (χ0n) is 12.7. The summed E-state index contributed by atoms with van der Waals surface area (Å²) in [4.78, 5) is 0. The minimum Gasteiger partial charge on any atom is -0.392 e. The first kappa shape index (κ1) is 16.3. The standard InChI is InChI=1S/C19H18I2O2/c20-15-3-1-11-5-7-19(17(11)13(15)9-22)8-6-12-2-4-16(21)14(10-23)18(12)19/h1-4,22-23H,5-10H2. The van der Waals surface area contributed by atoms with Gasteiger partial charge in [-0.1, -0.05) is 12.1 Å². The molecule has 23 heavy (non-hydrogen) atoms. The van der Waals surface area contributed by atoms with Gasteiger partial charge in [0.15, 0.2) is 0 Å². The number of benzene rings is 2. The molecule has 4 heteroatoms. The Morgan fingerprint density at radius 3 is 1.61 bits per heavy atom. The van der Waals surface area contributed by atoms with Crippen LogP contribution in [0.3, 0.4) is 0 Å². The first-order valence-corrected chi connectivity index (χ1v) is 10.1. The molecule has 0 radical (unpaired) electrons. The van der Waals surface area contributed by atoms with Crippen molar-refractivity contribution in [3.05, 3.63) is 64.8 Å². The Morgan fingerprint density at radius 1 is 0.783 bits per heavy atom. The maximum absolute atomic E-state index is 10.00. The van der Waals surface area contributed by atoms with Gasteiger partial charge in [-0.3, -0.25) is 0 Å². The summed E-state index contributed by atoms with van der Waals surface area (Å²) in [6.07, 6.45) is 4.31. The van der Waals surface area contributed by atoms with E-state index in [4.69, 9.17) is 0 Å². The molecule has 0 heterocycles. The van der Waals surface area contributed by atoms with Crippen molar-refractivity contribution in [2.45, 2.75) is 44.3 Å². The Hall–Kier alpha value is -0.180. The number of rotatable bonds is 2. The van der Waals surface area contributed by atoms with Crippen molar-refractivity contribution in [1.29, 1.82) is 0 Å². The number of fused-ring (bicyclic) bond motifs is 4. The van der Waals surface area contributed by atoms with Crippen LogP contribution in [0.1, 0.15) is 46.2 Å². The highest BCUT2D eigenvalue weighted by atomic mass is 127. The first-order valence-electron chi connectivity index (χ1n) is 7.95. The first-order chi connectivity index (χ1) is 11.1. The molecule has 2 nitrogen and oxygen atoms in total. The Bertz CT molecular complexity index is 731. The van der Waals surface area contributed by atoms with Gasteiger partial charge in [0.25, 0.3) is 0 Å². The van der Waals surface area contributed by atoms with Crippen LogP contribution in [0.2, 0.25) is 0 Å². The van der Waals surface area contributed by atoms with E-state index >= 15 is 0 Å². The molecule has 2 aliphatic carbocycles. The van der Waals surface area contributed by atoms with Crippen molar-refractivity contribution >= 4 is 45.2 Å². The van der Waals surface area contributed by atoms with Crippen LogP contribution in [0.25, 0.3) is 0 Å². The Kier molecular flexibility index (Phi) is 4.23. The molecular formula is C19H18I2O2. The third-order valence-corrected chi connectivity index (χ3v) is 7.62. The third-order valence-electron chi connectivity index (χ3n) is 5.60. The van der Waals surface area contributed by atoms with Gasteiger partial charge in [0.2, 0.25) is 0 Å². The molecule has 4 rings (SSSR count). The second kappa shape index (κ2) is 5.97. The number of aliphatic hydroxyl groups is 2. The molecule has 2 aliphatic rings. The minimum absolute atomic E-state index is 0.0108. The van der Waals surface area contributed by atoms with Crippen molar-refractivity contribution in [1.82, 2.24) is 0 Å². The quantitative estimate of drug-likeness (QED) is 0.574. The van der Waals surface area contributed by atoms with E-state index in [9.17, 15) is 10.2 Å². The van der Waals surface area contributed by atoms with Crippen LogP contribution in [0.5, 0.6) is 0 Å². The molecule has 0 unspecified atom stereocenters. The highest BCUT2D eigenvalue weighted by Gasteiger charge is 2.47. The number of hydrogen-bond acceptors (Lipinski definition) is 2. The lowest BCUT2D eigenvalue weighted by Crippen LogP contribution is -2.25. The van der Waals surface area contributed by atoms with Crippen molar-refractivity contribution in [2.24, 2.45) is 0 Å². The van der Waals surface area contributed by atoms with E-state index in [0.29, 0.717) is 0 Å². The zero-order valence-corrected chi connectivity index (χ0v) is 17.0. The molecule has 0 fully saturated rings. The normalized spacial score (nSPS) is 17.6. The Labute approximate surface area is 163 Å². The van der Waals surface area contributed by atoms with Gasteiger partial charge in [0.05, 0.1) is 13.2 Å². The van der Waals surface area contributed by atoms with Gasteiger partial charge in [0.1, 0.15) is 0 Å². The van der Waals surface area contributed by atoms with Gasteiger partial charge >= 0.3 is 0 Å². The lowest BCUT2D eigenvalue weighted by atomic mass is 9.73. The molecule has 0 bridgehead atoms. The summed E-state index contributed by atoms with van der Waals surface area (Å²) in [6, 6.07) is 8.72. The van der Waals surface area contributed by atoms with Crippen molar-refractivity contribution in [3.8, 4) is 0 Å². The minimum atomic E-state index is -0.0108. The van der Waals surface area contributed by atoms with Gasteiger partial charge in [-0.2, -0.15) is 0 Å². The summed E-state index contributed by atoms with van der Waals surface area (Å²) in [6.45, 7) is 0.188. The van der Waals surface area contributed by atoms with Crippen LogP contribution in [0, 0.1) is 7.14 Å². The molecular weight excluding hydrogens is 514 g/mol. The molecule has 120 valence electrons. The number of halogens is 2. The Morgan fingerprint density at radius 2 is 1.22 bits per heavy atom. The lowest BCUT2D eigenvalue weighted by Gasteiger charge is -2.31. The summed E-state index contributed by atoms with van der Waals surface area (Å²) < 4.78 is 2.30. The lowest BCUT2D eigenvalue weighted by molar-refractivity contribution is 0.274. The predicted molar refractivity (Wildman–Crippen MR) is 108 cm³/mol. The highest BCUT2D eigenvalue weighted by Crippen LogP contribution is 2.55. The van der Waals surface area contributed by atoms with Crippen molar-refractivity contribution in [3.63, 3.8) is 0 Å². The van der Waals surface area contributed by atoms with Crippen LogP contribution in [0.4, 0.5) is 0 Å². The molecule has 0 atom stereocenters. The summed E-state index contributed by atoms with van der Waals surface area (Å²) >= 11 is 4.67. The third kappa shape index (κ3) is 2.24. The van der Waals surface area contributed by atoms with E-state index in [1.165, 1.54) is 22.3 Å². The average molecular weight is 532 g/mol. The molecule has 0 aliphatic heterocycles. The van der Waals surface area contributed by atoms with E-state index in [2.05, 4.69) is 69.4 Å². The maximum atomic E-state index is 10.00. The summed E-state index contributed by atoms with van der Waals surface area (Å²) in [5, 5.41) is 20.0. The predicted octanol–water partition coefficient (Wildman–Crippen LogP) is 4.06. The van der Waals surface area contributed by atoms with Gasteiger partial charge < -0.3 is 10.2 Å². The van der Waals surface area contributed by atoms with Gasteiger partial charge in [0, 0.05) is 12.6 Å². The maximum Gasteiger partial charge on any atom is 0.0695 e. The number of aryl methyl sites for hydroxylation is 2. The van der Waals surface area contributed by atoms with Crippen LogP contribution in [0.15, 0.2) is 24.3 Å². The highest BCUT2D eigenvalue weighted by molar-refractivity contribution is 14.1. The van der Waals surface area contributed by atoms with Crippen LogP contribution < -0.4 is 0 Å². The van der Waals surface area contributed by atoms with Crippen molar-refractivity contribution < 1.29 is 10.2 Å². The molecule has 2 N–H and O–H groups in total. The second-order valence-corrected chi connectivity index (χ2v) is 8.84. The van der Waals surface area contributed by atoms with E-state index in [1.807, 2.05) is 0 Å². The topological polar surface area (TPSA) is 40.5 Å². The smallest absolute Gasteiger partial charge is 0.0695 e. The molecule has 1 spiro atoms. The molecule has 0 saturated heterocycles. The summed E-state index contributed by atoms with van der Waals surface area (Å²) in [5.74, 6) is 0. The van der Waals surface area contributed by atoms with Crippen LogP contribution in [-0.2, 0) is 31.5 Å². The van der Waals surface area contributed by atoms with Crippen LogP contribution in [-0.4, -0.2) is 10.2 Å². The van der Waals surface area contributed by atoms with E-state index in [0.717, 1.165) is 44.0 Å².